The summed E-state index contributed by atoms with van der Waals surface area (Å²) in [6.45, 7) is 1.69. The number of fused-ring (bicyclic) bond motifs is 6. The molecule has 15 rings (SSSR count). The summed E-state index contributed by atoms with van der Waals surface area (Å²) in [6.07, 6.45) is 30.0. The van der Waals surface area contributed by atoms with Crippen molar-refractivity contribution in [1.82, 2.24) is 0 Å². The molecule has 356 valence electrons. The van der Waals surface area contributed by atoms with E-state index in [1.165, 1.54) is 133 Å². The Morgan fingerprint density at radius 3 is 1.54 bits per heavy atom. The van der Waals surface area contributed by atoms with Gasteiger partial charge in [0.15, 0.2) is 0 Å². The smallest absolute Gasteiger partial charge is 0.0497 e. The van der Waals surface area contributed by atoms with Crippen LogP contribution in [0.1, 0.15) is 67.2 Å². The molecule has 2 bridgehead atoms. The minimum atomic E-state index is 0.824. The molecule has 74 heavy (non-hydrogen) atoms. The van der Waals surface area contributed by atoms with Crippen LogP contribution < -0.4 is 9.80 Å². The van der Waals surface area contributed by atoms with Gasteiger partial charge in [0.25, 0.3) is 0 Å². The first kappa shape index (κ1) is 44.3. The van der Waals surface area contributed by atoms with Crippen molar-refractivity contribution in [1.29, 1.82) is 0 Å². The summed E-state index contributed by atoms with van der Waals surface area (Å²) < 4.78 is 0. The molecule has 0 saturated carbocycles. The van der Waals surface area contributed by atoms with Gasteiger partial charge in [-0.3, -0.25) is 0 Å². The number of para-hydroxylation sites is 1. The molecule has 5 aliphatic rings. The predicted octanol–water partition coefficient (Wildman–Crippen LogP) is 19.7. The molecule has 2 heterocycles. The minimum Gasteiger partial charge on any atom is -0.345 e. The first-order valence-electron chi connectivity index (χ1n) is 27.0. The largest absolute Gasteiger partial charge is 0.345 e. The average molecular weight is 951 g/mol. The number of nitrogens with zero attached hydrogens (tertiary/aromatic N) is 2. The van der Waals surface area contributed by atoms with Gasteiger partial charge in [-0.1, -0.05) is 206 Å². The zero-order valence-electron chi connectivity index (χ0n) is 41.9. The van der Waals surface area contributed by atoms with Crippen molar-refractivity contribution in [2.45, 2.75) is 51.4 Å². The summed E-state index contributed by atoms with van der Waals surface area (Å²) in [7, 11) is 0. The van der Waals surface area contributed by atoms with E-state index in [0.29, 0.717) is 0 Å². The molecular weight excluding hydrogens is 893 g/mol. The van der Waals surface area contributed by atoms with E-state index in [1.54, 1.807) is 0 Å². The molecule has 2 aliphatic heterocycles. The highest BCUT2D eigenvalue weighted by molar-refractivity contribution is 6.29. The summed E-state index contributed by atoms with van der Waals surface area (Å²) in [4.78, 5) is 5.42. The number of benzene rings is 10. The van der Waals surface area contributed by atoms with Crippen molar-refractivity contribution < 1.29 is 0 Å². The number of anilines is 3. The Bertz CT molecular complexity index is 4000. The Kier molecular flexibility index (Phi) is 11.3. The van der Waals surface area contributed by atoms with Crippen LogP contribution in [-0.4, -0.2) is 13.1 Å². The van der Waals surface area contributed by atoms with Crippen LogP contribution in [0.3, 0.4) is 0 Å². The third-order valence-electron chi connectivity index (χ3n) is 16.3. The Balaban J connectivity index is 1.22. The van der Waals surface area contributed by atoms with Crippen molar-refractivity contribution in [3.8, 4) is 44.5 Å². The monoisotopic (exact) mass is 950 g/mol. The lowest BCUT2D eigenvalue weighted by atomic mass is 9.75. The van der Waals surface area contributed by atoms with Gasteiger partial charge in [-0.05, 0) is 164 Å². The van der Waals surface area contributed by atoms with Gasteiger partial charge in [-0.15, -0.1) is 0 Å². The molecule has 2 nitrogen and oxygen atoms in total. The molecule has 0 aromatic heterocycles. The van der Waals surface area contributed by atoms with Crippen LogP contribution in [0.4, 0.5) is 17.1 Å². The molecule has 0 N–H and O–H groups in total. The second kappa shape index (κ2) is 18.9. The summed E-state index contributed by atoms with van der Waals surface area (Å²) in [5, 5.41) is 10.3. The molecular formula is C72H58N2. The van der Waals surface area contributed by atoms with Crippen molar-refractivity contribution in [3.05, 3.63) is 240 Å². The van der Waals surface area contributed by atoms with Crippen molar-refractivity contribution in [2.75, 3.05) is 22.9 Å². The highest BCUT2D eigenvalue weighted by atomic mass is 15.2. The molecule has 0 fully saturated rings. The average Bonchev–Trinajstić information content (AvgIpc) is 3.70. The SMILES string of the molecule is C1=Cc2c(c3c4ccccc4c2-c2c4c(c(-c5ccccc5)c5cccc(c25)N(/C2=C/C/C=C\CCC2)CCCN(c2ccccc2)c2cccc5c(-c6ccccc6)c6ccccc6c-3c25)CCC=C4)C=CC1. The van der Waals surface area contributed by atoms with Gasteiger partial charge in [-0.2, -0.15) is 0 Å². The molecule has 0 spiro atoms. The highest BCUT2D eigenvalue weighted by Crippen LogP contribution is 2.56. The Hall–Kier alpha value is -8.46. The van der Waals surface area contributed by atoms with Crippen molar-refractivity contribution in [3.63, 3.8) is 0 Å². The van der Waals surface area contributed by atoms with Crippen LogP contribution in [0.15, 0.2) is 218 Å². The lowest BCUT2D eigenvalue weighted by Crippen LogP contribution is -2.28. The first-order valence-corrected chi connectivity index (χ1v) is 27.0. The zero-order chi connectivity index (χ0) is 49.0. The number of rotatable bonds is 4. The maximum atomic E-state index is 2.77. The summed E-state index contributed by atoms with van der Waals surface area (Å²) in [5.74, 6) is 0. The molecule has 3 aliphatic carbocycles. The molecule has 0 amide bonds. The van der Waals surface area contributed by atoms with Gasteiger partial charge in [0.1, 0.15) is 0 Å². The molecule has 0 atom stereocenters. The fraction of sp³-hybridized carbons (Fsp3) is 0.139. The molecule has 0 unspecified atom stereocenters. The van der Waals surface area contributed by atoms with Gasteiger partial charge in [0.2, 0.25) is 0 Å². The van der Waals surface area contributed by atoms with Crippen molar-refractivity contribution >= 4 is 78.4 Å². The van der Waals surface area contributed by atoms with Crippen LogP contribution >= 0.6 is 0 Å². The van der Waals surface area contributed by atoms with Gasteiger partial charge in [0, 0.05) is 57.7 Å². The predicted molar refractivity (Wildman–Crippen MR) is 319 cm³/mol. The van der Waals surface area contributed by atoms with E-state index in [1.807, 2.05) is 0 Å². The van der Waals surface area contributed by atoms with Crippen molar-refractivity contribution in [2.24, 2.45) is 0 Å². The molecule has 0 radical (unpaired) electrons. The minimum absolute atomic E-state index is 0.824. The van der Waals surface area contributed by atoms with E-state index in [0.717, 1.165) is 64.5 Å². The van der Waals surface area contributed by atoms with Gasteiger partial charge < -0.3 is 9.80 Å². The van der Waals surface area contributed by atoms with E-state index in [-0.39, 0.29) is 0 Å². The van der Waals surface area contributed by atoms with Crippen LogP contribution in [0.25, 0.3) is 106 Å². The zero-order valence-corrected chi connectivity index (χ0v) is 41.9. The second-order valence-corrected chi connectivity index (χ2v) is 20.5. The van der Waals surface area contributed by atoms with Gasteiger partial charge in [0.05, 0.1) is 0 Å². The van der Waals surface area contributed by atoms with E-state index in [2.05, 4.69) is 240 Å². The topological polar surface area (TPSA) is 6.48 Å². The maximum absolute atomic E-state index is 2.77. The van der Waals surface area contributed by atoms with E-state index < -0.39 is 0 Å². The number of allylic oxidation sites excluding steroid dienone is 7. The van der Waals surface area contributed by atoms with Crippen LogP contribution in [-0.2, 0) is 6.42 Å². The maximum Gasteiger partial charge on any atom is 0.0497 e. The summed E-state index contributed by atoms with van der Waals surface area (Å²) in [5.41, 5.74) is 21.0. The standard InChI is InChI=1S/C72H58N2/c1-2-12-31-51(32-13-3-1)73-47-26-48-74(52-33-14-6-15-34-52)64-46-25-44-62-66(50-29-10-5-11-30-50)54-38-19-23-42-60(54)72(70(62)64)68-56-36-17-7-16-35-55(56)67(57-39-20-21-40-58(57)68)71-59-41-22-18-37-53(59)65(49-27-8-4-9-28-49)61-43-24-45-63(73)69(61)71/h1-2,4-6,8-11,14-17,19-25,27-31,33-36,38-46H,3,7,12-13,18,26,32,37,47-48H2/b2-1-,51-31+. The van der Waals surface area contributed by atoms with Gasteiger partial charge >= 0.3 is 0 Å². The molecule has 2 heteroatoms. The highest BCUT2D eigenvalue weighted by Gasteiger charge is 2.32. The lowest BCUT2D eigenvalue weighted by molar-refractivity contribution is 0.728. The van der Waals surface area contributed by atoms with E-state index in [9.17, 15) is 0 Å². The Labute approximate surface area is 435 Å². The summed E-state index contributed by atoms with van der Waals surface area (Å²) in [6, 6.07) is 66.7. The van der Waals surface area contributed by atoms with Crippen LogP contribution in [0.5, 0.6) is 0 Å². The fourth-order valence-corrected chi connectivity index (χ4v) is 13.3. The quantitative estimate of drug-likeness (QED) is 0.128. The van der Waals surface area contributed by atoms with E-state index >= 15 is 0 Å². The Morgan fingerprint density at radius 1 is 0.324 bits per heavy atom. The molecule has 10 aromatic rings. The normalized spacial score (nSPS) is 16.5. The molecule has 0 saturated heterocycles. The summed E-state index contributed by atoms with van der Waals surface area (Å²) >= 11 is 0. The fourth-order valence-electron chi connectivity index (χ4n) is 13.3. The number of hydrogen-bond donors (Lipinski definition) is 0. The third kappa shape index (κ3) is 7.30. The Morgan fingerprint density at radius 2 is 0.851 bits per heavy atom. The number of hydrogen-bond acceptors (Lipinski definition) is 2. The molecule has 10 aromatic carbocycles. The third-order valence-corrected chi connectivity index (χ3v) is 16.3. The lowest BCUT2D eigenvalue weighted by Gasteiger charge is -2.34. The van der Waals surface area contributed by atoms with Gasteiger partial charge in [-0.25, -0.2) is 0 Å². The van der Waals surface area contributed by atoms with E-state index in [4.69, 9.17) is 0 Å². The van der Waals surface area contributed by atoms with Crippen LogP contribution in [0.2, 0.25) is 0 Å². The first-order chi connectivity index (χ1) is 36.8. The second-order valence-electron chi connectivity index (χ2n) is 20.5. The van der Waals surface area contributed by atoms with Crippen LogP contribution in [0, 0.1) is 0 Å².